The Kier molecular flexibility index (Phi) is 7.73. The molecule has 4 rings (SSSR count). The monoisotopic (exact) mass is 478 g/mol. The maximum Gasteiger partial charge on any atom is 0.407 e. The van der Waals surface area contributed by atoms with Crippen molar-refractivity contribution in [3.05, 3.63) is 59.7 Å². The molecule has 0 bridgehead atoms. The fraction of sp³-hybridized carbons (Fsp3) is 0.464. The highest BCUT2D eigenvalue weighted by Gasteiger charge is 2.36. The predicted molar refractivity (Wildman–Crippen MR) is 133 cm³/mol. The average Bonchev–Trinajstić information content (AvgIpc) is 3.19. The highest BCUT2D eigenvalue weighted by molar-refractivity contribution is 5.86. The van der Waals surface area contributed by atoms with Crippen LogP contribution in [0.1, 0.15) is 63.0 Å². The molecule has 2 amide bonds. The Balaban J connectivity index is 1.39. The number of benzene rings is 2. The van der Waals surface area contributed by atoms with E-state index in [9.17, 15) is 19.5 Å². The largest absolute Gasteiger partial charge is 0.480 e. The van der Waals surface area contributed by atoms with Crippen LogP contribution in [0.4, 0.5) is 4.79 Å². The van der Waals surface area contributed by atoms with Gasteiger partial charge in [-0.05, 0) is 41.0 Å². The number of carboxylic acids is 1. The summed E-state index contributed by atoms with van der Waals surface area (Å²) in [6, 6.07) is 15.0. The number of amides is 2. The molecule has 0 radical (unpaired) electrons. The van der Waals surface area contributed by atoms with Crippen molar-refractivity contribution in [2.45, 2.75) is 64.0 Å². The first kappa shape index (κ1) is 24.8. The third-order valence-corrected chi connectivity index (χ3v) is 7.53. The van der Waals surface area contributed by atoms with Crippen molar-refractivity contribution in [1.82, 2.24) is 10.6 Å². The maximum atomic E-state index is 13.0. The van der Waals surface area contributed by atoms with Gasteiger partial charge in [-0.2, -0.15) is 0 Å². The Labute approximate surface area is 206 Å². The first-order valence-electron chi connectivity index (χ1n) is 12.5. The Morgan fingerprint density at radius 1 is 1.00 bits per heavy atom. The molecular formula is C28H34N2O5. The molecule has 0 unspecified atom stereocenters. The van der Waals surface area contributed by atoms with E-state index in [2.05, 4.69) is 34.9 Å². The lowest BCUT2D eigenvalue weighted by Gasteiger charge is -2.32. The van der Waals surface area contributed by atoms with Crippen LogP contribution in [0.5, 0.6) is 0 Å². The van der Waals surface area contributed by atoms with Crippen LogP contribution in [-0.4, -0.2) is 41.8 Å². The molecule has 0 spiro atoms. The standard InChI is InChI=1S/C28H34N2O5/c1-3-17(2)25(27(32)33)30-26(31)22-14-8-9-15-24(22)29-28(34)35-16-23-20-12-6-4-10-18(20)19-11-5-7-13-21(19)23/h4-7,10-13,17,22-25H,3,8-9,14-16H2,1-2H3,(H,29,34)(H,30,31)(H,32,33)/t17-,22+,24-,25-/m0/s1. The van der Waals surface area contributed by atoms with Crippen molar-refractivity contribution in [1.29, 1.82) is 0 Å². The van der Waals surface area contributed by atoms with Gasteiger partial charge in [0.2, 0.25) is 5.91 Å². The number of fused-ring (bicyclic) bond motifs is 3. The maximum absolute atomic E-state index is 13.0. The van der Waals surface area contributed by atoms with Gasteiger partial charge >= 0.3 is 12.1 Å². The summed E-state index contributed by atoms with van der Waals surface area (Å²) in [5.41, 5.74) is 4.60. The van der Waals surface area contributed by atoms with Crippen molar-refractivity contribution < 1.29 is 24.2 Å². The van der Waals surface area contributed by atoms with Crippen LogP contribution in [-0.2, 0) is 14.3 Å². The smallest absolute Gasteiger partial charge is 0.407 e. The minimum Gasteiger partial charge on any atom is -0.480 e. The third-order valence-electron chi connectivity index (χ3n) is 7.53. The van der Waals surface area contributed by atoms with Crippen LogP contribution < -0.4 is 10.6 Å². The zero-order valence-electron chi connectivity index (χ0n) is 20.3. The van der Waals surface area contributed by atoms with Gasteiger partial charge in [0.1, 0.15) is 12.6 Å². The molecule has 4 atom stereocenters. The van der Waals surface area contributed by atoms with Gasteiger partial charge < -0.3 is 20.5 Å². The van der Waals surface area contributed by atoms with Crippen LogP contribution in [0, 0.1) is 11.8 Å². The van der Waals surface area contributed by atoms with E-state index in [1.807, 2.05) is 38.1 Å². The lowest BCUT2D eigenvalue weighted by atomic mass is 9.83. The number of carboxylic acid groups (broad SMARTS) is 1. The number of carbonyl (C=O) groups is 3. The quantitative estimate of drug-likeness (QED) is 0.510. The summed E-state index contributed by atoms with van der Waals surface area (Å²) in [5, 5.41) is 15.1. The van der Waals surface area contributed by atoms with Crippen molar-refractivity contribution in [2.75, 3.05) is 6.61 Å². The summed E-state index contributed by atoms with van der Waals surface area (Å²) < 4.78 is 5.67. The highest BCUT2D eigenvalue weighted by atomic mass is 16.5. The number of alkyl carbamates (subject to hydrolysis) is 1. The number of nitrogens with one attached hydrogen (secondary N) is 2. The number of ether oxygens (including phenoxy) is 1. The van der Waals surface area contributed by atoms with Gasteiger partial charge in [-0.15, -0.1) is 0 Å². The number of rotatable bonds is 8. The van der Waals surface area contributed by atoms with Crippen LogP contribution in [0.25, 0.3) is 11.1 Å². The fourth-order valence-corrected chi connectivity index (χ4v) is 5.35. The zero-order valence-corrected chi connectivity index (χ0v) is 20.3. The Bertz CT molecular complexity index is 1040. The van der Waals surface area contributed by atoms with E-state index in [-0.39, 0.29) is 30.4 Å². The summed E-state index contributed by atoms with van der Waals surface area (Å²) >= 11 is 0. The predicted octanol–water partition coefficient (Wildman–Crippen LogP) is 4.70. The summed E-state index contributed by atoms with van der Waals surface area (Å²) in [7, 11) is 0. The second-order valence-electron chi connectivity index (χ2n) is 9.68. The number of carbonyl (C=O) groups excluding carboxylic acids is 2. The molecule has 7 nitrogen and oxygen atoms in total. The van der Waals surface area contributed by atoms with Crippen molar-refractivity contribution in [2.24, 2.45) is 11.8 Å². The molecule has 7 heteroatoms. The summed E-state index contributed by atoms with van der Waals surface area (Å²) in [6.45, 7) is 3.92. The van der Waals surface area contributed by atoms with Gasteiger partial charge in [-0.3, -0.25) is 4.79 Å². The molecule has 0 aliphatic heterocycles. The van der Waals surface area contributed by atoms with Crippen LogP contribution in [0.3, 0.4) is 0 Å². The topological polar surface area (TPSA) is 105 Å². The molecular weight excluding hydrogens is 444 g/mol. The van der Waals surface area contributed by atoms with Crippen LogP contribution in [0.2, 0.25) is 0 Å². The van der Waals surface area contributed by atoms with Crippen LogP contribution >= 0.6 is 0 Å². The molecule has 0 aromatic heterocycles. The SMILES string of the molecule is CC[C@H](C)[C@H](NC(=O)[C@@H]1CCCC[C@@H]1NC(=O)OCC1c2ccccc2-c2ccccc21)C(=O)O. The van der Waals surface area contributed by atoms with E-state index in [1.165, 1.54) is 0 Å². The molecule has 2 aliphatic carbocycles. The number of aliphatic carboxylic acids is 1. The normalized spacial score (nSPS) is 20.7. The zero-order chi connectivity index (χ0) is 24.9. The molecule has 35 heavy (non-hydrogen) atoms. The first-order chi connectivity index (χ1) is 16.9. The van der Waals surface area contributed by atoms with Crippen molar-refractivity contribution in [3.63, 3.8) is 0 Å². The molecule has 3 N–H and O–H groups in total. The van der Waals surface area contributed by atoms with E-state index in [1.54, 1.807) is 0 Å². The third kappa shape index (κ3) is 5.34. The second kappa shape index (κ2) is 10.9. The molecule has 186 valence electrons. The molecule has 1 fully saturated rings. The minimum atomic E-state index is -1.04. The van der Waals surface area contributed by atoms with Gasteiger partial charge in [-0.1, -0.05) is 81.6 Å². The summed E-state index contributed by atoms with van der Waals surface area (Å²) in [6.07, 6.45) is 3.11. The van der Waals surface area contributed by atoms with Gasteiger partial charge in [0.05, 0.1) is 5.92 Å². The van der Waals surface area contributed by atoms with Crippen molar-refractivity contribution >= 4 is 18.0 Å². The molecule has 0 heterocycles. The minimum absolute atomic E-state index is 0.0366. The van der Waals surface area contributed by atoms with E-state index in [0.29, 0.717) is 19.3 Å². The Hall–Kier alpha value is -3.35. The number of hydrogen-bond donors (Lipinski definition) is 3. The van der Waals surface area contributed by atoms with E-state index in [4.69, 9.17) is 4.74 Å². The lowest BCUT2D eigenvalue weighted by Crippen LogP contribution is -2.53. The first-order valence-corrected chi connectivity index (χ1v) is 12.5. The van der Waals surface area contributed by atoms with Crippen LogP contribution in [0.15, 0.2) is 48.5 Å². The molecule has 0 saturated heterocycles. The Morgan fingerprint density at radius 3 is 2.20 bits per heavy atom. The van der Waals surface area contributed by atoms with E-state index >= 15 is 0 Å². The van der Waals surface area contributed by atoms with Gasteiger partial charge in [-0.25, -0.2) is 9.59 Å². The van der Waals surface area contributed by atoms with Gasteiger partial charge in [0, 0.05) is 12.0 Å². The Morgan fingerprint density at radius 2 is 1.60 bits per heavy atom. The second-order valence-corrected chi connectivity index (χ2v) is 9.68. The average molecular weight is 479 g/mol. The van der Waals surface area contributed by atoms with Crippen molar-refractivity contribution in [3.8, 4) is 11.1 Å². The highest BCUT2D eigenvalue weighted by Crippen LogP contribution is 2.44. The molecule has 2 aromatic carbocycles. The molecule has 1 saturated carbocycles. The van der Waals surface area contributed by atoms with Gasteiger partial charge in [0.25, 0.3) is 0 Å². The summed E-state index contributed by atoms with van der Waals surface area (Å²) in [4.78, 5) is 37.4. The molecule has 2 aliphatic rings. The van der Waals surface area contributed by atoms with E-state index in [0.717, 1.165) is 35.1 Å². The molecule has 2 aromatic rings. The summed E-state index contributed by atoms with van der Waals surface area (Å²) in [5.74, 6) is -2.06. The van der Waals surface area contributed by atoms with Gasteiger partial charge in [0.15, 0.2) is 0 Å². The fourth-order valence-electron chi connectivity index (χ4n) is 5.35. The lowest BCUT2D eigenvalue weighted by molar-refractivity contribution is -0.144. The number of hydrogen-bond acceptors (Lipinski definition) is 4. The van der Waals surface area contributed by atoms with E-state index < -0.39 is 24.0 Å².